The second kappa shape index (κ2) is 12.2. The summed E-state index contributed by atoms with van der Waals surface area (Å²) >= 11 is 0. The highest BCUT2D eigenvalue weighted by Gasteiger charge is 2.47. The van der Waals surface area contributed by atoms with E-state index in [1.807, 2.05) is 0 Å². The molecule has 0 aromatic heterocycles. The van der Waals surface area contributed by atoms with Crippen LogP contribution in [0.25, 0.3) is 0 Å². The summed E-state index contributed by atoms with van der Waals surface area (Å²) in [6.07, 6.45) is -7.48. The maximum Gasteiger partial charge on any atom is 0.472 e. The average molecular weight is 472 g/mol. The minimum absolute atomic E-state index is 0.0576. The van der Waals surface area contributed by atoms with Crippen LogP contribution in [0.15, 0.2) is 0 Å². The summed E-state index contributed by atoms with van der Waals surface area (Å²) in [5.41, 5.74) is -1.62. The first-order valence-corrected chi connectivity index (χ1v) is 11.6. The second-order valence-corrected chi connectivity index (χ2v) is 9.15. The van der Waals surface area contributed by atoms with E-state index in [2.05, 4.69) is 0 Å². The number of aliphatic hydroxyl groups excluding tert-OH is 4. The summed E-state index contributed by atoms with van der Waals surface area (Å²) in [5, 5.41) is 39.2. The topological polar surface area (TPSA) is 189 Å². The summed E-state index contributed by atoms with van der Waals surface area (Å²) in [6, 6.07) is 0. The summed E-state index contributed by atoms with van der Waals surface area (Å²) < 4.78 is 32.3. The van der Waals surface area contributed by atoms with Crippen molar-refractivity contribution in [3.05, 3.63) is 0 Å². The van der Waals surface area contributed by atoms with Crippen LogP contribution in [0.2, 0.25) is 0 Å². The highest BCUT2D eigenvalue weighted by Crippen LogP contribution is 2.47. The maximum atomic E-state index is 12.4. The van der Waals surface area contributed by atoms with E-state index in [9.17, 15) is 39.5 Å². The number of carbonyl (C=O) groups excluding carboxylic acids is 2. The molecule has 13 heteroatoms. The van der Waals surface area contributed by atoms with Crippen LogP contribution in [0.5, 0.6) is 0 Å². The van der Waals surface area contributed by atoms with E-state index in [1.54, 1.807) is 13.8 Å². The minimum atomic E-state index is -4.98. The van der Waals surface area contributed by atoms with Gasteiger partial charge in [0.15, 0.2) is 5.60 Å². The molecule has 2 unspecified atom stereocenters. The van der Waals surface area contributed by atoms with Crippen LogP contribution >= 0.6 is 7.82 Å². The lowest BCUT2D eigenvalue weighted by atomic mass is 9.87. The number of hydrogen-bond donors (Lipinski definition) is 5. The van der Waals surface area contributed by atoms with E-state index in [0.29, 0.717) is 12.8 Å². The largest absolute Gasteiger partial charge is 0.472 e. The average Bonchev–Trinajstić information content (AvgIpc) is 2.67. The van der Waals surface area contributed by atoms with Gasteiger partial charge in [0.05, 0.1) is 12.2 Å². The monoisotopic (exact) mass is 472 g/mol. The number of carbonyl (C=O) groups is 2. The van der Waals surface area contributed by atoms with E-state index in [4.69, 9.17) is 18.5 Å². The molecule has 1 aliphatic carbocycles. The smallest absolute Gasteiger partial charge is 0.461 e. The van der Waals surface area contributed by atoms with Gasteiger partial charge in [-0.05, 0) is 19.8 Å². The predicted molar refractivity (Wildman–Crippen MR) is 105 cm³/mol. The number of aliphatic hydroxyl groups is 4. The van der Waals surface area contributed by atoms with E-state index in [-0.39, 0.29) is 19.3 Å². The Morgan fingerprint density at radius 1 is 0.968 bits per heavy atom. The number of ether oxygens (including phenoxy) is 2. The van der Waals surface area contributed by atoms with Crippen LogP contribution in [0.4, 0.5) is 0 Å². The molecule has 1 saturated carbocycles. The lowest BCUT2D eigenvalue weighted by molar-refractivity contribution is -0.180. The minimum Gasteiger partial charge on any atom is -0.461 e. The second-order valence-electron chi connectivity index (χ2n) is 7.75. The molecular weight excluding hydrogens is 439 g/mol. The summed E-state index contributed by atoms with van der Waals surface area (Å²) in [4.78, 5) is 33.6. The van der Waals surface area contributed by atoms with Crippen molar-refractivity contribution in [1.29, 1.82) is 0 Å². The van der Waals surface area contributed by atoms with Crippen molar-refractivity contribution in [2.24, 2.45) is 0 Å². The van der Waals surface area contributed by atoms with Crippen molar-refractivity contribution in [3.63, 3.8) is 0 Å². The number of esters is 2. The number of phosphoric ester groups is 1. The van der Waals surface area contributed by atoms with Crippen molar-refractivity contribution >= 4 is 19.8 Å². The number of phosphoric acid groups is 1. The summed E-state index contributed by atoms with van der Waals surface area (Å²) in [5.74, 6) is -1.20. The summed E-state index contributed by atoms with van der Waals surface area (Å²) in [7, 11) is -4.98. The Bertz CT molecular complexity index is 629. The fourth-order valence-electron chi connectivity index (χ4n) is 2.83. The standard InChI is InChI=1S/C18H33O12P/c1-4-6-13(21)27-9-18(3,29-14(22)7-5-2)10-28-31(25,26)30-17-15(23)11(19)8-12(20)16(17)24/h11-12,15-17,19-20,23-24H,4-10H2,1-3H3,(H,25,26)/t11-,12+,15-,16-,17?,18-/m1/s1. The van der Waals surface area contributed by atoms with E-state index < -0.39 is 69.1 Å². The Kier molecular flexibility index (Phi) is 11.0. The Morgan fingerprint density at radius 2 is 1.48 bits per heavy atom. The molecule has 0 bridgehead atoms. The first-order valence-electron chi connectivity index (χ1n) is 10.1. The van der Waals surface area contributed by atoms with Gasteiger partial charge in [-0.25, -0.2) is 4.57 Å². The molecule has 0 amide bonds. The van der Waals surface area contributed by atoms with Crippen LogP contribution in [0, 0.1) is 0 Å². The van der Waals surface area contributed by atoms with Crippen LogP contribution in [-0.4, -0.2) is 86.6 Å². The summed E-state index contributed by atoms with van der Waals surface area (Å²) in [6.45, 7) is 3.67. The fraction of sp³-hybridized carbons (Fsp3) is 0.889. The third-order valence-corrected chi connectivity index (χ3v) is 5.50. The van der Waals surface area contributed by atoms with E-state index in [0.717, 1.165) is 0 Å². The Balaban J connectivity index is 2.84. The molecule has 0 aliphatic heterocycles. The number of rotatable bonds is 12. The van der Waals surface area contributed by atoms with Gasteiger partial charge in [0.2, 0.25) is 0 Å². The van der Waals surface area contributed by atoms with Gasteiger partial charge < -0.3 is 34.8 Å². The van der Waals surface area contributed by atoms with Gasteiger partial charge in [0.25, 0.3) is 0 Å². The first kappa shape index (κ1) is 27.9. The third kappa shape index (κ3) is 9.11. The Morgan fingerprint density at radius 3 is 2.00 bits per heavy atom. The SMILES string of the molecule is CCCC(=O)OC[C@](C)(COP(=O)(O)OC1[C@H](O)[C@H](O)C[C@H](O)[C@H]1O)OC(=O)CCC. The fourth-order valence-corrected chi connectivity index (χ4v) is 3.89. The lowest BCUT2D eigenvalue weighted by Crippen LogP contribution is -2.56. The molecule has 0 saturated heterocycles. The van der Waals surface area contributed by atoms with E-state index >= 15 is 0 Å². The van der Waals surface area contributed by atoms with Crippen molar-refractivity contribution in [2.45, 2.75) is 89.0 Å². The molecule has 1 rings (SSSR count). The zero-order chi connectivity index (χ0) is 23.8. The van der Waals surface area contributed by atoms with Gasteiger partial charge >= 0.3 is 19.8 Å². The molecule has 12 nitrogen and oxygen atoms in total. The van der Waals surface area contributed by atoms with Crippen molar-refractivity contribution < 1.29 is 58.0 Å². The van der Waals surface area contributed by atoms with Gasteiger partial charge in [0, 0.05) is 19.3 Å². The van der Waals surface area contributed by atoms with Crippen LogP contribution in [0.1, 0.15) is 52.9 Å². The molecule has 7 atom stereocenters. The predicted octanol–water partition coefficient (Wildman–Crippen LogP) is -0.219. The molecule has 0 aromatic rings. The Hall–Kier alpha value is -1.11. The zero-order valence-electron chi connectivity index (χ0n) is 17.9. The molecule has 1 aliphatic rings. The van der Waals surface area contributed by atoms with Crippen molar-refractivity contribution in [3.8, 4) is 0 Å². The van der Waals surface area contributed by atoms with Gasteiger partial charge in [-0.2, -0.15) is 0 Å². The third-order valence-electron chi connectivity index (χ3n) is 4.54. The quantitative estimate of drug-likeness (QED) is 0.186. The van der Waals surface area contributed by atoms with Crippen molar-refractivity contribution in [2.75, 3.05) is 13.2 Å². The van der Waals surface area contributed by atoms with Gasteiger partial charge in [0.1, 0.15) is 31.5 Å². The van der Waals surface area contributed by atoms with Crippen LogP contribution < -0.4 is 0 Å². The van der Waals surface area contributed by atoms with Gasteiger partial charge in [-0.3, -0.25) is 18.6 Å². The molecule has 182 valence electrons. The molecule has 0 aromatic carbocycles. The molecule has 0 spiro atoms. The van der Waals surface area contributed by atoms with Crippen molar-refractivity contribution in [1.82, 2.24) is 0 Å². The van der Waals surface area contributed by atoms with Gasteiger partial charge in [-0.15, -0.1) is 0 Å². The van der Waals surface area contributed by atoms with Crippen LogP contribution in [-0.2, 0) is 32.7 Å². The first-order chi connectivity index (χ1) is 14.3. The molecule has 1 fully saturated rings. The molecule has 31 heavy (non-hydrogen) atoms. The maximum absolute atomic E-state index is 12.4. The van der Waals surface area contributed by atoms with Gasteiger partial charge in [-0.1, -0.05) is 13.8 Å². The van der Waals surface area contributed by atoms with Crippen LogP contribution in [0.3, 0.4) is 0 Å². The zero-order valence-corrected chi connectivity index (χ0v) is 18.8. The lowest BCUT2D eigenvalue weighted by Gasteiger charge is -2.38. The highest BCUT2D eigenvalue weighted by molar-refractivity contribution is 7.47. The molecule has 0 heterocycles. The molecule has 0 radical (unpaired) electrons. The normalized spacial score (nSPS) is 30.1. The molecule has 5 N–H and O–H groups in total. The highest BCUT2D eigenvalue weighted by atomic mass is 31.2. The Labute approximate surface area is 180 Å². The van der Waals surface area contributed by atoms with E-state index in [1.165, 1.54) is 6.92 Å². The molecular formula is C18H33O12P. The number of hydrogen-bond acceptors (Lipinski definition) is 11.